The molecule has 13 rings (SSSR count). The fourth-order valence-electron chi connectivity index (χ4n) is 10.4. The number of hydrogen-bond donors (Lipinski definition) is 0. The average Bonchev–Trinajstić information content (AvgIpc) is 3.72. The van der Waals surface area contributed by atoms with Crippen molar-refractivity contribution in [2.75, 3.05) is 0 Å². The molecule has 0 aliphatic heterocycles. The smallest absolute Gasteiger partial charge is 0.145 e. The van der Waals surface area contributed by atoms with Crippen molar-refractivity contribution in [2.45, 2.75) is 0 Å². The molecule has 282 valence electrons. The standard InChI is InChI=1S/C59H36N2/c1-2-16-38(17-3-1)59-60-53-30-12-13-31-54(53)61(59)40-34-32-37(33-35-40)55-47-23-8-10-25-49(47)57(50-26-11-9-24-48(50)55)52-36-39-18-14-27-45-43-21-6-4-19-41(43)42-20-5-7-22-44(42)46-28-15-29-51(52)58(46)56(39)45/h1-36H. The van der Waals surface area contributed by atoms with E-state index in [2.05, 4.69) is 223 Å². The van der Waals surface area contributed by atoms with Crippen molar-refractivity contribution < 1.29 is 0 Å². The minimum absolute atomic E-state index is 0.936. The van der Waals surface area contributed by atoms with Crippen LogP contribution in [0.4, 0.5) is 0 Å². The van der Waals surface area contributed by atoms with Crippen LogP contribution in [0.1, 0.15) is 0 Å². The molecule has 13 aromatic rings. The molecule has 12 aromatic carbocycles. The first-order valence-electron chi connectivity index (χ1n) is 21.1. The summed E-state index contributed by atoms with van der Waals surface area (Å²) in [7, 11) is 0. The van der Waals surface area contributed by atoms with Crippen molar-refractivity contribution in [1.82, 2.24) is 9.55 Å². The number of fused-ring (bicyclic) bond motifs is 8. The number of rotatable bonds is 4. The molecule has 0 bridgehead atoms. The van der Waals surface area contributed by atoms with Crippen LogP contribution in [-0.2, 0) is 0 Å². The van der Waals surface area contributed by atoms with E-state index in [9.17, 15) is 0 Å². The highest BCUT2D eigenvalue weighted by atomic mass is 15.1. The van der Waals surface area contributed by atoms with E-state index in [1.807, 2.05) is 0 Å². The predicted molar refractivity (Wildman–Crippen MR) is 260 cm³/mol. The second-order valence-electron chi connectivity index (χ2n) is 16.2. The van der Waals surface area contributed by atoms with Crippen molar-refractivity contribution in [3.63, 3.8) is 0 Å². The van der Waals surface area contributed by atoms with Crippen molar-refractivity contribution in [1.29, 1.82) is 0 Å². The first-order chi connectivity index (χ1) is 30.3. The molecule has 0 saturated heterocycles. The summed E-state index contributed by atoms with van der Waals surface area (Å²) >= 11 is 0. The molecule has 0 amide bonds. The Labute approximate surface area is 352 Å². The largest absolute Gasteiger partial charge is 0.292 e. The van der Waals surface area contributed by atoms with E-state index in [-0.39, 0.29) is 0 Å². The van der Waals surface area contributed by atoms with Gasteiger partial charge in [-0.3, -0.25) is 4.57 Å². The van der Waals surface area contributed by atoms with Crippen LogP contribution < -0.4 is 0 Å². The quantitative estimate of drug-likeness (QED) is 0.129. The first kappa shape index (κ1) is 33.9. The van der Waals surface area contributed by atoms with Crippen LogP contribution in [-0.4, -0.2) is 9.55 Å². The van der Waals surface area contributed by atoms with Gasteiger partial charge in [-0.1, -0.05) is 188 Å². The second-order valence-corrected chi connectivity index (χ2v) is 16.2. The molecule has 2 nitrogen and oxygen atoms in total. The topological polar surface area (TPSA) is 17.8 Å². The van der Waals surface area contributed by atoms with Gasteiger partial charge in [0.05, 0.1) is 11.0 Å². The van der Waals surface area contributed by atoms with E-state index in [0.29, 0.717) is 0 Å². The third kappa shape index (κ3) is 5.00. The van der Waals surface area contributed by atoms with Gasteiger partial charge in [0.2, 0.25) is 0 Å². The third-order valence-electron chi connectivity index (χ3n) is 12.9. The van der Waals surface area contributed by atoms with Gasteiger partial charge in [0.1, 0.15) is 5.82 Å². The van der Waals surface area contributed by atoms with Gasteiger partial charge < -0.3 is 0 Å². The molecule has 0 spiro atoms. The third-order valence-corrected chi connectivity index (χ3v) is 12.9. The minimum atomic E-state index is 0.936. The molecule has 1 heterocycles. The number of para-hydroxylation sites is 2. The number of hydrogen-bond acceptors (Lipinski definition) is 1. The normalized spacial score (nSPS) is 11.9. The monoisotopic (exact) mass is 772 g/mol. The van der Waals surface area contributed by atoms with Crippen LogP contribution in [0.3, 0.4) is 0 Å². The summed E-state index contributed by atoms with van der Waals surface area (Å²) < 4.78 is 2.29. The Bertz CT molecular complexity index is 3860. The molecule has 0 radical (unpaired) electrons. The Hall–Kier alpha value is -8.07. The average molecular weight is 773 g/mol. The zero-order valence-electron chi connectivity index (χ0n) is 33.2. The summed E-state index contributed by atoms with van der Waals surface area (Å²) in [5.74, 6) is 0.936. The Balaban J connectivity index is 1.09. The highest BCUT2D eigenvalue weighted by molar-refractivity contribution is 6.36. The molecule has 2 heteroatoms. The SMILES string of the molecule is c1ccc(-c2nc3ccccc3n2-c2ccc(-c3c4ccccc4c(-c4cc5cccc6c7ccccc7c7ccccc7c7cccc4c7c56)c4ccccc34)cc2)cc1. The van der Waals surface area contributed by atoms with Crippen molar-refractivity contribution in [2.24, 2.45) is 0 Å². The second kappa shape index (κ2) is 13.2. The maximum Gasteiger partial charge on any atom is 0.145 e. The molecule has 0 fully saturated rings. The Morgan fingerprint density at radius 2 is 0.787 bits per heavy atom. The van der Waals surface area contributed by atoms with Crippen LogP contribution in [0.25, 0.3) is 126 Å². The summed E-state index contributed by atoms with van der Waals surface area (Å²) in [6.45, 7) is 0. The van der Waals surface area contributed by atoms with Gasteiger partial charge >= 0.3 is 0 Å². The summed E-state index contributed by atoms with van der Waals surface area (Å²) in [6.07, 6.45) is 0. The van der Waals surface area contributed by atoms with Crippen molar-refractivity contribution in [3.05, 3.63) is 218 Å². The van der Waals surface area contributed by atoms with E-state index >= 15 is 0 Å². The molecule has 1 aromatic heterocycles. The van der Waals surface area contributed by atoms with Crippen molar-refractivity contribution >= 4 is 86.4 Å². The first-order valence-corrected chi connectivity index (χ1v) is 21.1. The van der Waals surface area contributed by atoms with Gasteiger partial charge in [0.25, 0.3) is 0 Å². The number of aromatic nitrogens is 2. The lowest BCUT2D eigenvalue weighted by molar-refractivity contribution is 1.10. The number of nitrogens with zero attached hydrogens (tertiary/aromatic N) is 2. The molecule has 0 atom stereocenters. The summed E-state index contributed by atoms with van der Waals surface area (Å²) in [5.41, 5.74) is 9.18. The van der Waals surface area contributed by atoms with Crippen molar-refractivity contribution in [3.8, 4) is 39.3 Å². The molecule has 0 saturated carbocycles. The van der Waals surface area contributed by atoms with Crippen LogP contribution >= 0.6 is 0 Å². The van der Waals surface area contributed by atoms with E-state index in [4.69, 9.17) is 4.98 Å². The maximum absolute atomic E-state index is 5.11. The number of benzene rings is 11. The summed E-state index contributed by atoms with van der Waals surface area (Å²) in [5, 5.41) is 17.7. The van der Waals surface area contributed by atoms with Gasteiger partial charge in [0.15, 0.2) is 0 Å². The molecule has 61 heavy (non-hydrogen) atoms. The Kier molecular flexibility index (Phi) is 7.34. The van der Waals surface area contributed by atoms with Crippen LogP contribution in [0.5, 0.6) is 0 Å². The molecule has 0 aliphatic carbocycles. The summed E-state index contributed by atoms with van der Waals surface area (Å²) in [6, 6.07) is 80.1. The molecule has 0 aliphatic rings. The van der Waals surface area contributed by atoms with E-state index < -0.39 is 0 Å². The van der Waals surface area contributed by atoms with E-state index in [1.54, 1.807) is 0 Å². The van der Waals surface area contributed by atoms with Gasteiger partial charge in [-0.25, -0.2) is 4.98 Å². The lowest BCUT2D eigenvalue weighted by Crippen LogP contribution is -1.98. The molecule has 0 N–H and O–H groups in total. The highest BCUT2D eigenvalue weighted by Crippen LogP contribution is 2.49. The van der Waals surface area contributed by atoms with Gasteiger partial charge in [-0.05, 0) is 128 Å². The zero-order valence-corrected chi connectivity index (χ0v) is 33.2. The predicted octanol–water partition coefficient (Wildman–Crippen LogP) is 16.1. The van der Waals surface area contributed by atoms with Gasteiger partial charge in [-0.15, -0.1) is 0 Å². The van der Waals surface area contributed by atoms with Gasteiger partial charge in [0, 0.05) is 11.3 Å². The van der Waals surface area contributed by atoms with E-state index in [1.165, 1.54) is 97.7 Å². The molecule has 0 unspecified atom stereocenters. The highest BCUT2D eigenvalue weighted by Gasteiger charge is 2.22. The van der Waals surface area contributed by atoms with Crippen LogP contribution in [0.2, 0.25) is 0 Å². The lowest BCUT2D eigenvalue weighted by Gasteiger charge is -2.21. The van der Waals surface area contributed by atoms with Gasteiger partial charge in [-0.2, -0.15) is 0 Å². The minimum Gasteiger partial charge on any atom is -0.292 e. The van der Waals surface area contributed by atoms with E-state index in [0.717, 1.165) is 28.1 Å². The lowest BCUT2D eigenvalue weighted by atomic mass is 9.82. The Morgan fingerprint density at radius 1 is 0.311 bits per heavy atom. The molecular formula is C59H36N2. The summed E-state index contributed by atoms with van der Waals surface area (Å²) in [4.78, 5) is 5.11. The Morgan fingerprint density at radius 3 is 1.43 bits per heavy atom. The molecular weight excluding hydrogens is 737 g/mol. The van der Waals surface area contributed by atoms with Crippen LogP contribution in [0, 0.1) is 0 Å². The fourth-order valence-corrected chi connectivity index (χ4v) is 10.4. The fraction of sp³-hybridized carbons (Fsp3) is 0. The zero-order chi connectivity index (χ0) is 40.0. The maximum atomic E-state index is 5.11. The van der Waals surface area contributed by atoms with Crippen LogP contribution in [0.15, 0.2) is 218 Å². The number of imidazole rings is 1.